The van der Waals surface area contributed by atoms with Crippen LogP contribution in [0.2, 0.25) is 0 Å². The predicted molar refractivity (Wildman–Crippen MR) is 121 cm³/mol. The largest absolute Gasteiger partial charge is 0.260 e. The van der Waals surface area contributed by atoms with Crippen LogP contribution < -0.4 is 0 Å². The fourth-order valence-corrected chi connectivity index (χ4v) is 5.48. The van der Waals surface area contributed by atoms with Gasteiger partial charge in [0, 0.05) is 18.8 Å². The van der Waals surface area contributed by atoms with E-state index in [4.69, 9.17) is 0 Å². The zero-order chi connectivity index (χ0) is 21.3. The molecule has 0 unspecified atom stereocenters. The quantitative estimate of drug-likeness (QED) is 0.542. The molecule has 0 saturated heterocycles. The summed E-state index contributed by atoms with van der Waals surface area (Å²) in [5.74, 6) is 0.435. The number of rotatable bonds is 5. The first-order valence-corrected chi connectivity index (χ1v) is 11.9. The van der Waals surface area contributed by atoms with E-state index in [0.717, 1.165) is 36.0 Å². The summed E-state index contributed by atoms with van der Waals surface area (Å²) < 4.78 is 28.1. The summed E-state index contributed by atoms with van der Waals surface area (Å²) in [7, 11) is -2.01. The maximum absolute atomic E-state index is 13.3. The number of sulfonamides is 1. The number of aryl methyl sites for hydroxylation is 1. The van der Waals surface area contributed by atoms with E-state index in [1.165, 1.54) is 15.4 Å². The molecule has 0 aliphatic heterocycles. The fourth-order valence-electron chi connectivity index (χ4n) is 4.20. The first-order valence-electron chi connectivity index (χ1n) is 10.5. The molecule has 3 aromatic rings. The Hall–Kier alpha value is -2.50. The van der Waals surface area contributed by atoms with Gasteiger partial charge in [0.25, 0.3) is 10.0 Å². The number of pyridine rings is 1. The Balaban J connectivity index is 1.62. The highest BCUT2D eigenvalue weighted by atomic mass is 32.2. The molecule has 1 aliphatic rings. The second-order valence-electron chi connectivity index (χ2n) is 8.29. The van der Waals surface area contributed by atoms with Gasteiger partial charge < -0.3 is 0 Å². The zero-order valence-electron chi connectivity index (χ0n) is 17.7. The van der Waals surface area contributed by atoms with E-state index in [-0.39, 0.29) is 11.1 Å². The standard InChI is InChI=1S/C25H28N2O2S/c1-18(2)20-10-6-11-21(16-20)22-14-15-25(26-17-22)30(28,29)27(3)24-13-7-9-19-8-4-5-12-23(19)24/h4-6,8,10-12,14-18,24H,7,9,13H2,1-3H3/t24-/m1/s1. The molecule has 0 fully saturated rings. The molecule has 1 atom stereocenters. The molecule has 156 valence electrons. The molecule has 0 amide bonds. The maximum atomic E-state index is 13.3. The average Bonchev–Trinajstić information content (AvgIpc) is 2.78. The molecule has 0 spiro atoms. The number of hydrogen-bond donors (Lipinski definition) is 0. The minimum absolute atomic E-state index is 0.0943. The molecule has 4 nitrogen and oxygen atoms in total. The number of aromatic nitrogens is 1. The van der Waals surface area contributed by atoms with E-state index in [1.807, 2.05) is 36.4 Å². The molecular formula is C25H28N2O2S. The lowest BCUT2D eigenvalue weighted by molar-refractivity contribution is 0.336. The monoisotopic (exact) mass is 420 g/mol. The minimum atomic E-state index is -3.68. The van der Waals surface area contributed by atoms with Crippen LogP contribution in [0.4, 0.5) is 0 Å². The molecular weight excluding hydrogens is 392 g/mol. The smallest absolute Gasteiger partial charge is 0.243 e. The molecule has 5 heteroatoms. The third kappa shape index (κ3) is 3.92. The Morgan fingerprint density at radius 1 is 1.00 bits per heavy atom. The molecule has 0 N–H and O–H groups in total. The summed E-state index contributed by atoms with van der Waals surface area (Å²) >= 11 is 0. The van der Waals surface area contributed by atoms with E-state index in [9.17, 15) is 8.42 Å². The lowest BCUT2D eigenvalue weighted by Gasteiger charge is -2.32. The third-order valence-corrected chi connectivity index (χ3v) is 7.83. The highest BCUT2D eigenvalue weighted by Gasteiger charge is 2.32. The summed E-state index contributed by atoms with van der Waals surface area (Å²) in [6, 6.07) is 19.8. The SMILES string of the molecule is CC(C)c1cccc(-c2ccc(S(=O)(=O)N(C)[C@@H]3CCCc4ccccc43)nc2)c1. The van der Waals surface area contributed by atoms with Gasteiger partial charge in [-0.2, -0.15) is 4.31 Å². The van der Waals surface area contributed by atoms with Crippen molar-refractivity contribution < 1.29 is 8.42 Å². The van der Waals surface area contributed by atoms with E-state index in [2.05, 4.69) is 37.0 Å². The van der Waals surface area contributed by atoms with Crippen LogP contribution >= 0.6 is 0 Å². The van der Waals surface area contributed by atoms with Gasteiger partial charge in [0.05, 0.1) is 6.04 Å². The Bertz CT molecular complexity index is 1140. The van der Waals surface area contributed by atoms with E-state index in [1.54, 1.807) is 19.3 Å². The van der Waals surface area contributed by atoms with Crippen molar-refractivity contribution in [2.24, 2.45) is 0 Å². The van der Waals surface area contributed by atoms with Crippen LogP contribution in [0.25, 0.3) is 11.1 Å². The van der Waals surface area contributed by atoms with Crippen molar-refractivity contribution in [2.75, 3.05) is 7.05 Å². The van der Waals surface area contributed by atoms with Gasteiger partial charge in [-0.3, -0.25) is 0 Å². The number of hydrogen-bond acceptors (Lipinski definition) is 3. The van der Waals surface area contributed by atoms with Crippen LogP contribution in [-0.2, 0) is 16.4 Å². The van der Waals surface area contributed by atoms with Crippen molar-refractivity contribution in [1.29, 1.82) is 0 Å². The molecule has 0 bridgehead atoms. The van der Waals surface area contributed by atoms with Crippen molar-refractivity contribution in [3.05, 3.63) is 83.6 Å². The molecule has 1 aromatic heterocycles. The summed E-state index contributed by atoms with van der Waals surface area (Å²) in [6.45, 7) is 4.32. The summed E-state index contributed by atoms with van der Waals surface area (Å²) in [5, 5.41) is 0.0943. The molecule has 0 radical (unpaired) electrons. The Kier molecular flexibility index (Phi) is 5.76. The van der Waals surface area contributed by atoms with Crippen molar-refractivity contribution in [1.82, 2.24) is 9.29 Å². The first kappa shape index (κ1) is 20.8. The molecule has 1 aliphatic carbocycles. The Morgan fingerprint density at radius 2 is 1.80 bits per heavy atom. The van der Waals surface area contributed by atoms with Gasteiger partial charge in [-0.1, -0.05) is 62.4 Å². The van der Waals surface area contributed by atoms with Crippen LogP contribution in [0.1, 0.15) is 55.3 Å². The van der Waals surface area contributed by atoms with Crippen LogP contribution in [-0.4, -0.2) is 24.8 Å². The van der Waals surface area contributed by atoms with Crippen molar-refractivity contribution >= 4 is 10.0 Å². The van der Waals surface area contributed by atoms with Crippen molar-refractivity contribution in [3.63, 3.8) is 0 Å². The molecule has 2 aromatic carbocycles. The third-order valence-electron chi connectivity index (χ3n) is 6.04. The normalized spacial score (nSPS) is 16.6. The predicted octanol–water partition coefficient (Wildman–Crippen LogP) is 5.57. The minimum Gasteiger partial charge on any atom is -0.243 e. The van der Waals surface area contributed by atoms with Gasteiger partial charge in [0.2, 0.25) is 0 Å². The average molecular weight is 421 g/mol. The highest BCUT2D eigenvalue weighted by Crippen LogP contribution is 2.36. The summed E-state index contributed by atoms with van der Waals surface area (Å²) in [4.78, 5) is 4.34. The molecule has 0 saturated carbocycles. The van der Waals surface area contributed by atoms with Gasteiger partial charge in [0.1, 0.15) is 0 Å². The number of nitrogens with zero attached hydrogens (tertiary/aromatic N) is 2. The van der Waals surface area contributed by atoms with E-state index < -0.39 is 10.0 Å². The summed E-state index contributed by atoms with van der Waals surface area (Å²) in [5.41, 5.74) is 5.57. The van der Waals surface area contributed by atoms with Crippen LogP contribution in [0.5, 0.6) is 0 Å². The van der Waals surface area contributed by atoms with E-state index >= 15 is 0 Å². The molecule has 30 heavy (non-hydrogen) atoms. The van der Waals surface area contributed by atoms with Crippen molar-refractivity contribution in [3.8, 4) is 11.1 Å². The second-order valence-corrected chi connectivity index (χ2v) is 10.2. The van der Waals surface area contributed by atoms with Gasteiger partial charge >= 0.3 is 0 Å². The second kappa shape index (κ2) is 8.32. The Labute approximate surface area is 179 Å². The highest BCUT2D eigenvalue weighted by molar-refractivity contribution is 7.89. The van der Waals surface area contributed by atoms with Gasteiger partial charge in [-0.15, -0.1) is 0 Å². The lowest BCUT2D eigenvalue weighted by atomic mass is 9.88. The fraction of sp³-hybridized carbons (Fsp3) is 0.320. The maximum Gasteiger partial charge on any atom is 0.260 e. The molecule has 4 rings (SSSR count). The molecule has 1 heterocycles. The van der Waals surface area contributed by atoms with Gasteiger partial charge in [0.15, 0.2) is 5.03 Å². The van der Waals surface area contributed by atoms with E-state index in [0.29, 0.717) is 5.92 Å². The van der Waals surface area contributed by atoms with Crippen LogP contribution in [0.3, 0.4) is 0 Å². The van der Waals surface area contributed by atoms with Crippen LogP contribution in [0, 0.1) is 0 Å². The number of benzene rings is 2. The number of fused-ring (bicyclic) bond motifs is 1. The van der Waals surface area contributed by atoms with Crippen LogP contribution in [0.15, 0.2) is 71.9 Å². The summed E-state index contributed by atoms with van der Waals surface area (Å²) in [6.07, 6.45) is 4.48. The van der Waals surface area contributed by atoms with Crippen molar-refractivity contribution in [2.45, 2.75) is 50.1 Å². The van der Waals surface area contributed by atoms with Gasteiger partial charge in [-0.05, 0) is 59.6 Å². The first-order chi connectivity index (χ1) is 14.4. The van der Waals surface area contributed by atoms with Gasteiger partial charge in [-0.25, -0.2) is 13.4 Å². The topological polar surface area (TPSA) is 50.3 Å². The Morgan fingerprint density at radius 3 is 2.53 bits per heavy atom. The zero-order valence-corrected chi connectivity index (χ0v) is 18.6. The lowest BCUT2D eigenvalue weighted by Crippen LogP contribution is -2.33.